The molecule has 1 saturated heterocycles. The van der Waals surface area contributed by atoms with E-state index in [1.54, 1.807) is 13.2 Å². The summed E-state index contributed by atoms with van der Waals surface area (Å²) in [6.45, 7) is 5.40. The van der Waals surface area contributed by atoms with Gasteiger partial charge in [0.05, 0.1) is 7.11 Å². The number of phenolic OH excluding ortho intramolecular Hbond substituents is 1. The lowest BCUT2D eigenvalue weighted by molar-refractivity contribution is 0.330. The highest BCUT2D eigenvalue weighted by molar-refractivity contribution is 5.39. The zero-order valence-corrected chi connectivity index (χ0v) is 11.7. The predicted molar refractivity (Wildman–Crippen MR) is 76.7 cm³/mol. The first-order valence-corrected chi connectivity index (χ1v) is 7.08. The number of hydrogen-bond acceptors (Lipinski definition) is 4. The quantitative estimate of drug-likeness (QED) is 0.739. The molecule has 2 rings (SSSR count). The number of likely N-dealkylation sites (tertiary alicyclic amines) is 1. The van der Waals surface area contributed by atoms with Gasteiger partial charge in [-0.25, -0.2) is 0 Å². The lowest BCUT2D eigenvalue weighted by atomic mass is 10.2. The smallest absolute Gasteiger partial charge is 0.123 e. The summed E-state index contributed by atoms with van der Waals surface area (Å²) in [4.78, 5) is 2.52. The van der Waals surface area contributed by atoms with Gasteiger partial charge < -0.3 is 20.1 Å². The molecule has 1 aromatic carbocycles. The van der Waals surface area contributed by atoms with Crippen molar-refractivity contribution in [2.24, 2.45) is 0 Å². The highest BCUT2D eigenvalue weighted by Crippen LogP contribution is 2.23. The molecule has 0 spiro atoms. The molecule has 106 valence electrons. The number of methoxy groups -OCH3 is 1. The van der Waals surface area contributed by atoms with E-state index in [0.717, 1.165) is 18.5 Å². The fraction of sp³-hybridized carbons (Fsp3) is 0.600. The Kier molecular flexibility index (Phi) is 5.48. The summed E-state index contributed by atoms with van der Waals surface area (Å²) in [7, 11) is 1.60. The lowest BCUT2D eigenvalue weighted by Crippen LogP contribution is -2.24. The second-order valence-electron chi connectivity index (χ2n) is 5.07. The van der Waals surface area contributed by atoms with E-state index in [2.05, 4.69) is 10.2 Å². The molecule has 1 heterocycles. The molecule has 0 saturated carbocycles. The molecule has 4 heteroatoms. The van der Waals surface area contributed by atoms with Crippen molar-refractivity contribution in [1.29, 1.82) is 0 Å². The van der Waals surface area contributed by atoms with Gasteiger partial charge in [-0.2, -0.15) is 0 Å². The van der Waals surface area contributed by atoms with Crippen LogP contribution in [0, 0.1) is 0 Å². The van der Waals surface area contributed by atoms with Crippen LogP contribution in [0.5, 0.6) is 11.5 Å². The third-order valence-electron chi connectivity index (χ3n) is 3.63. The van der Waals surface area contributed by atoms with E-state index >= 15 is 0 Å². The summed E-state index contributed by atoms with van der Waals surface area (Å²) in [5.41, 5.74) is 0.918. The van der Waals surface area contributed by atoms with Crippen molar-refractivity contribution < 1.29 is 9.84 Å². The van der Waals surface area contributed by atoms with Crippen LogP contribution in [0.3, 0.4) is 0 Å². The van der Waals surface area contributed by atoms with E-state index in [-0.39, 0.29) is 0 Å². The van der Waals surface area contributed by atoms with Crippen molar-refractivity contribution in [3.8, 4) is 11.5 Å². The van der Waals surface area contributed by atoms with Gasteiger partial charge in [-0.3, -0.25) is 0 Å². The maximum Gasteiger partial charge on any atom is 0.123 e. The average molecular weight is 264 g/mol. The van der Waals surface area contributed by atoms with Gasteiger partial charge in [-0.15, -0.1) is 0 Å². The Morgan fingerprint density at radius 2 is 2.11 bits per heavy atom. The molecule has 0 aliphatic carbocycles. The van der Waals surface area contributed by atoms with E-state index in [1.165, 1.54) is 32.5 Å². The molecule has 0 unspecified atom stereocenters. The van der Waals surface area contributed by atoms with Crippen LogP contribution in [0.25, 0.3) is 0 Å². The number of benzene rings is 1. The third kappa shape index (κ3) is 4.40. The molecule has 0 radical (unpaired) electrons. The standard InChI is InChI=1S/C15H24N2O2/c1-19-14-6-5-13(15(18)11-14)12-16-7-4-10-17-8-2-3-9-17/h5-6,11,16,18H,2-4,7-10,12H2,1H3. The van der Waals surface area contributed by atoms with Crippen LogP contribution in [0.1, 0.15) is 24.8 Å². The van der Waals surface area contributed by atoms with Gasteiger partial charge in [0.1, 0.15) is 11.5 Å². The molecule has 0 atom stereocenters. The Morgan fingerprint density at radius 1 is 1.32 bits per heavy atom. The van der Waals surface area contributed by atoms with Gasteiger partial charge in [0.15, 0.2) is 0 Å². The number of aromatic hydroxyl groups is 1. The molecular formula is C15H24N2O2. The summed E-state index contributed by atoms with van der Waals surface area (Å²) in [5.74, 6) is 0.988. The summed E-state index contributed by atoms with van der Waals surface area (Å²) < 4.78 is 5.06. The summed E-state index contributed by atoms with van der Waals surface area (Å²) in [6.07, 6.45) is 3.87. The van der Waals surface area contributed by atoms with Gasteiger partial charge in [-0.05, 0) is 51.5 Å². The molecular weight excluding hydrogens is 240 g/mol. The molecule has 1 fully saturated rings. The SMILES string of the molecule is COc1ccc(CNCCCN2CCCC2)c(O)c1. The van der Waals surface area contributed by atoms with E-state index in [1.807, 2.05) is 12.1 Å². The van der Waals surface area contributed by atoms with Crippen molar-refractivity contribution in [1.82, 2.24) is 10.2 Å². The van der Waals surface area contributed by atoms with Gasteiger partial charge in [0, 0.05) is 18.2 Å². The number of rotatable bonds is 7. The molecule has 1 aliphatic rings. The monoisotopic (exact) mass is 264 g/mol. The molecule has 4 nitrogen and oxygen atoms in total. The van der Waals surface area contributed by atoms with Crippen LogP contribution in [0.4, 0.5) is 0 Å². The molecule has 0 aromatic heterocycles. The zero-order valence-electron chi connectivity index (χ0n) is 11.7. The Balaban J connectivity index is 1.64. The molecule has 19 heavy (non-hydrogen) atoms. The predicted octanol–water partition coefficient (Wildman–Crippen LogP) is 1.98. The fourth-order valence-electron chi connectivity index (χ4n) is 2.48. The highest BCUT2D eigenvalue weighted by Gasteiger charge is 2.10. The van der Waals surface area contributed by atoms with Crippen molar-refractivity contribution >= 4 is 0 Å². The number of hydrogen-bond donors (Lipinski definition) is 2. The lowest BCUT2D eigenvalue weighted by Gasteiger charge is -2.14. The number of phenols is 1. The van der Waals surface area contributed by atoms with Gasteiger partial charge in [0.2, 0.25) is 0 Å². The molecule has 2 N–H and O–H groups in total. The summed E-state index contributed by atoms with van der Waals surface area (Å²) >= 11 is 0. The Bertz CT molecular complexity index is 390. The van der Waals surface area contributed by atoms with Crippen LogP contribution < -0.4 is 10.1 Å². The van der Waals surface area contributed by atoms with Crippen molar-refractivity contribution in [3.05, 3.63) is 23.8 Å². The van der Waals surface area contributed by atoms with Crippen LogP contribution >= 0.6 is 0 Å². The average Bonchev–Trinajstić information content (AvgIpc) is 2.93. The maximum atomic E-state index is 9.82. The van der Waals surface area contributed by atoms with E-state index in [0.29, 0.717) is 18.0 Å². The minimum Gasteiger partial charge on any atom is -0.507 e. The maximum absolute atomic E-state index is 9.82. The topological polar surface area (TPSA) is 44.7 Å². The van der Waals surface area contributed by atoms with Crippen LogP contribution in [0.2, 0.25) is 0 Å². The second-order valence-corrected chi connectivity index (χ2v) is 5.07. The highest BCUT2D eigenvalue weighted by atomic mass is 16.5. The van der Waals surface area contributed by atoms with Crippen molar-refractivity contribution in [2.45, 2.75) is 25.8 Å². The van der Waals surface area contributed by atoms with E-state index < -0.39 is 0 Å². The van der Waals surface area contributed by atoms with Crippen molar-refractivity contribution in [2.75, 3.05) is 33.3 Å². The van der Waals surface area contributed by atoms with Gasteiger partial charge >= 0.3 is 0 Å². The van der Waals surface area contributed by atoms with Gasteiger partial charge in [-0.1, -0.05) is 6.07 Å². The Morgan fingerprint density at radius 3 is 2.79 bits per heavy atom. The zero-order chi connectivity index (χ0) is 13.5. The molecule has 0 amide bonds. The first kappa shape index (κ1) is 14.2. The molecule has 0 bridgehead atoms. The Hall–Kier alpha value is -1.26. The summed E-state index contributed by atoms with van der Waals surface area (Å²) in [5, 5.41) is 13.2. The van der Waals surface area contributed by atoms with Crippen LogP contribution in [0.15, 0.2) is 18.2 Å². The van der Waals surface area contributed by atoms with E-state index in [9.17, 15) is 5.11 Å². The Labute approximate surface area is 115 Å². The number of ether oxygens (including phenoxy) is 1. The second kappa shape index (κ2) is 7.36. The fourth-order valence-corrected chi connectivity index (χ4v) is 2.48. The van der Waals surface area contributed by atoms with Crippen molar-refractivity contribution in [3.63, 3.8) is 0 Å². The first-order valence-electron chi connectivity index (χ1n) is 7.08. The van der Waals surface area contributed by atoms with Crippen LogP contribution in [-0.4, -0.2) is 43.3 Å². The summed E-state index contributed by atoms with van der Waals surface area (Å²) in [6, 6.07) is 5.43. The number of nitrogens with one attached hydrogen (secondary N) is 1. The van der Waals surface area contributed by atoms with Crippen LogP contribution in [-0.2, 0) is 6.54 Å². The molecule has 1 aromatic rings. The first-order chi connectivity index (χ1) is 9.29. The number of nitrogens with zero attached hydrogens (tertiary/aromatic N) is 1. The third-order valence-corrected chi connectivity index (χ3v) is 3.63. The molecule has 1 aliphatic heterocycles. The minimum absolute atomic E-state index is 0.298. The van der Waals surface area contributed by atoms with Gasteiger partial charge in [0.25, 0.3) is 0 Å². The largest absolute Gasteiger partial charge is 0.507 e. The van der Waals surface area contributed by atoms with E-state index in [4.69, 9.17) is 4.74 Å². The minimum atomic E-state index is 0.298. The normalized spacial score (nSPS) is 15.8.